The lowest BCUT2D eigenvalue weighted by Crippen LogP contribution is -2.59. The fourth-order valence-corrected chi connectivity index (χ4v) is 7.06. The number of aryl methyl sites for hydroxylation is 2. The first-order valence-electron chi connectivity index (χ1n) is 14.4. The maximum Gasteiger partial charge on any atom is 0.329 e. The topological polar surface area (TPSA) is 38.9 Å². The molecular weight excluding hydrogens is 513 g/mol. The van der Waals surface area contributed by atoms with Gasteiger partial charge in [0.2, 0.25) is 0 Å². The molecule has 2 aromatic heterocycles. The first kappa shape index (κ1) is 23.4. The van der Waals surface area contributed by atoms with Gasteiger partial charge >= 0.3 is 6.85 Å². The number of benzene rings is 5. The Morgan fingerprint density at radius 3 is 1.90 bits per heavy atom. The van der Waals surface area contributed by atoms with Crippen molar-refractivity contribution in [2.75, 3.05) is 4.81 Å². The highest BCUT2D eigenvalue weighted by Crippen LogP contribution is 2.46. The molecule has 0 fully saturated rings. The van der Waals surface area contributed by atoms with Gasteiger partial charge < -0.3 is 4.81 Å². The monoisotopic (exact) mass is 539 g/mol. The van der Waals surface area contributed by atoms with Gasteiger partial charge in [0.25, 0.3) is 0 Å². The Labute approximate surface area is 244 Å². The second-order valence-electron chi connectivity index (χ2n) is 11.3. The van der Waals surface area contributed by atoms with Gasteiger partial charge in [-0.05, 0) is 90.5 Å². The van der Waals surface area contributed by atoms with Gasteiger partial charge in [-0.1, -0.05) is 60.7 Å². The normalized spacial score (nSPS) is 12.9. The van der Waals surface area contributed by atoms with Crippen LogP contribution in [0.3, 0.4) is 0 Å². The Morgan fingerprint density at radius 1 is 0.595 bits per heavy atom. The van der Waals surface area contributed by atoms with Crippen molar-refractivity contribution >= 4 is 40.2 Å². The van der Waals surface area contributed by atoms with Crippen LogP contribution in [0.4, 0.5) is 11.4 Å². The van der Waals surface area contributed by atoms with Crippen LogP contribution in [-0.4, -0.2) is 26.2 Å². The van der Waals surface area contributed by atoms with E-state index >= 15 is 0 Å². The number of anilines is 2. The lowest BCUT2D eigenvalue weighted by molar-refractivity contribution is 0.834. The summed E-state index contributed by atoms with van der Waals surface area (Å²) >= 11 is 0. The van der Waals surface area contributed by atoms with E-state index in [0.717, 1.165) is 33.8 Å². The molecule has 2 aliphatic heterocycles. The molecule has 0 spiro atoms. The van der Waals surface area contributed by atoms with Crippen LogP contribution in [0, 0.1) is 13.8 Å². The van der Waals surface area contributed by atoms with Gasteiger partial charge in [0, 0.05) is 33.9 Å². The molecule has 0 unspecified atom stereocenters. The smallest absolute Gasteiger partial charge is 0.329 e. The number of rotatable bonds is 2. The standard InChI is InChI=1S/C36H26BN5/c1-23-19-24(2)42(39-23)26-16-18-28-30-10-4-7-13-35(30)41-34-12-6-3-9-29(34)27-17-15-25(20-31(27)37(41)32(28)21-26)40-22-38-33-11-5-8-14-36(33)40/h3-22H,1-2H3. The van der Waals surface area contributed by atoms with Crippen molar-refractivity contribution in [3.05, 3.63) is 133 Å². The van der Waals surface area contributed by atoms with Gasteiger partial charge in [0.1, 0.15) is 6.33 Å². The Hall–Kier alpha value is -5.36. The number of hydrogen-bond acceptors (Lipinski definition) is 3. The summed E-state index contributed by atoms with van der Waals surface area (Å²) in [7, 11) is 0. The van der Waals surface area contributed by atoms with E-state index in [-0.39, 0.29) is 6.85 Å². The third-order valence-corrected chi connectivity index (χ3v) is 8.81. The van der Waals surface area contributed by atoms with Crippen molar-refractivity contribution < 1.29 is 0 Å². The summed E-state index contributed by atoms with van der Waals surface area (Å²) in [5.74, 6) is 0. The summed E-state index contributed by atoms with van der Waals surface area (Å²) in [4.78, 5) is 7.23. The molecule has 0 radical (unpaired) electrons. The molecule has 2 aliphatic rings. The Morgan fingerprint density at radius 2 is 1.21 bits per heavy atom. The molecule has 5 aromatic carbocycles. The number of aromatic nitrogens is 4. The van der Waals surface area contributed by atoms with Crippen LogP contribution >= 0.6 is 0 Å². The van der Waals surface area contributed by atoms with E-state index < -0.39 is 0 Å². The van der Waals surface area contributed by atoms with Gasteiger partial charge in [-0.25, -0.2) is 9.67 Å². The van der Waals surface area contributed by atoms with Crippen molar-refractivity contribution in [2.24, 2.45) is 0 Å². The van der Waals surface area contributed by atoms with Crippen LogP contribution in [0.2, 0.25) is 0 Å². The molecule has 0 atom stereocenters. The van der Waals surface area contributed by atoms with E-state index in [2.05, 4.69) is 142 Å². The fraction of sp³-hybridized carbons (Fsp3) is 0.0556. The second-order valence-corrected chi connectivity index (χ2v) is 11.3. The lowest BCUT2D eigenvalue weighted by atomic mass is 9.43. The SMILES string of the molecule is Cc1cc(C)n(-c2ccc3c(c2)B2c4cc(-n5cnc6ccccc65)ccc4-c4ccccc4N2c2ccccc2-3)n1. The molecule has 7 aromatic rings. The van der Waals surface area contributed by atoms with Gasteiger partial charge in [-0.2, -0.15) is 5.10 Å². The zero-order valence-corrected chi connectivity index (χ0v) is 23.4. The summed E-state index contributed by atoms with van der Waals surface area (Å²) < 4.78 is 4.26. The van der Waals surface area contributed by atoms with Crippen LogP contribution < -0.4 is 15.7 Å². The van der Waals surface area contributed by atoms with E-state index in [1.165, 1.54) is 44.6 Å². The molecular formula is C36H26BN5. The number of imidazole rings is 1. The van der Waals surface area contributed by atoms with E-state index in [9.17, 15) is 0 Å². The predicted octanol–water partition coefficient (Wildman–Crippen LogP) is 6.73. The highest BCUT2D eigenvalue weighted by molar-refractivity contribution is 6.92. The Balaban J connectivity index is 1.35. The van der Waals surface area contributed by atoms with Crippen molar-refractivity contribution in [3.8, 4) is 33.6 Å². The number of para-hydroxylation sites is 4. The zero-order chi connectivity index (χ0) is 27.9. The van der Waals surface area contributed by atoms with Gasteiger partial charge in [0.15, 0.2) is 0 Å². The molecule has 0 amide bonds. The quantitative estimate of drug-likeness (QED) is 0.229. The number of hydrogen-bond donors (Lipinski definition) is 0. The molecule has 5 nitrogen and oxygen atoms in total. The van der Waals surface area contributed by atoms with E-state index in [0.29, 0.717) is 0 Å². The van der Waals surface area contributed by atoms with Crippen LogP contribution in [-0.2, 0) is 0 Å². The molecule has 9 rings (SSSR count). The summed E-state index contributed by atoms with van der Waals surface area (Å²) in [6, 6.07) is 41.8. The van der Waals surface area contributed by atoms with E-state index in [1.54, 1.807) is 0 Å². The largest absolute Gasteiger partial charge is 0.376 e. The minimum absolute atomic E-state index is 0.00792. The average molecular weight is 539 g/mol. The highest BCUT2D eigenvalue weighted by atomic mass is 15.3. The third-order valence-electron chi connectivity index (χ3n) is 8.81. The summed E-state index contributed by atoms with van der Waals surface area (Å²) in [6.07, 6.45) is 1.94. The maximum atomic E-state index is 4.83. The van der Waals surface area contributed by atoms with Crippen molar-refractivity contribution in [2.45, 2.75) is 13.8 Å². The van der Waals surface area contributed by atoms with Crippen molar-refractivity contribution in [1.29, 1.82) is 0 Å². The second kappa shape index (κ2) is 8.57. The van der Waals surface area contributed by atoms with Gasteiger partial charge in [-0.3, -0.25) is 4.57 Å². The molecule has 198 valence electrons. The van der Waals surface area contributed by atoms with Crippen LogP contribution in [0.15, 0.2) is 122 Å². The number of fused-ring (bicyclic) bond motifs is 12. The lowest BCUT2D eigenvalue weighted by Gasteiger charge is -2.43. The summed E-state index contributed by atoms with van der Waals surface area (Å²) in [6.45, 7) is 4.16. The van der Waals surface area contributed by atoms with Gasteiger partial charge in [-0.15, -0.1) is 0 Å². The van der Waals surface area contributed by atoms with Gasteiger partial charge in [0.05, 0.1) is 22.4 Å². The molecule has 4 heterocycles. The molecule has 0 saturated carbocycles. The highest BCUT2D eigenvalue weighted by Gasteiger charge is 2.42. The molecule has 0 N–H and O–H groups in total. The van der Waals surface area contributed by atoms with E-state index in [4.69, 9.17) is 5.10 Å². The Bertz CT molecular complexity index is 2210. The first-order valence-corrected chi connectivity index (χ1v) is 14.4. The van der Waals surface area contributed by atoms with Crippen LogP contribution in [0.25, 0.3) is 44.7 Å². The molecule has 0 aliphatic carbocycles. The van der Waals surface area contributed by atoms with Crippen molar-refractivity contribution in [1.82, 2.24) is 19.3 Å². The first-order chi connectivity index (χ1) is 20.7. The minimum Gasteiger partial charge on any atom is -0.376 e. The molecule has 0 saturated heterocycles. The summed E-state index contributed by atoms with van der Waals surface area (Å²) in [5, 5.41) is 4.83. The zero-order valence-electron chi connectivity index (χ0n) is 23.4. The fourth-order valence-electron chi connectivity index (χ4n) is 7.06. The van der Waals surface area contributed by atoms with Crippen LogP contribution in [0.5, 0.6) is 0 Å². The molecule has 42 heavy (non-hydrogen) atoms. The van der Waals surface area contributed by atoms with Crippen molar-refractivity contribution in [3.63, 3.8) is 0 Å². The minimum atomic E-state index is -0.00792. The third kappa shape index (κ3) is 3.20. The average Bonchev–Trinajstić information content (AvgIpc) is 3.62. The molecule has 0 bridgehead atoms. The van der Waals surface area contributed by atoms with E-state index in [1.807, 2.05) is 12.4 Å². The number of nitrogens with zero attached hydrogens (tertiary/aromatic N) is 5. The molecule has 6 heteroatoms. The van der Waals surface area contributed by atoms with Crippen LogP contribution in [0.1, 0.15) is 11.4 Å². The maximum absolute atomic E-state index is 4.83. The predicted molar refractivity (Wildman–Crippen MR) is 172 cm³/mol. The summed E-state index contributed by atoms with van der Waals surface area (Å²) in [5.41, 5.74) is 16.5. The Kier molecular flexibility index (Phi) is 4.77.